The number of unbranched alkanes of at least 4 members (excludes halogenated alkanes) is 2. The molecule has 0 amide bonds. The Morgan fingerprint density at radius 2 is 2.05 bits per heavy atom. The molecule has 1 unspecified atom stereocenters. The molecule has 1 aliphatic rings. The van der Waals surface area contributed by atoms with E-state index in [2.05, 4.69) is 6.92 Å². The van der Waals surface area contributed by atoms with E-state index >= 15 is 0 Å². The summed E-state index contributed by atoms with van der Waals surface area (Å²) in [5, 5.41) is 0. The van der Waals surface area contributed by atoms with Gasteiger partial charge < -0.3 is 0 Å². The van der Waals surface area contributed by atoms with Gasteiger partial charge in [0.25, 0.3) is 0 Å². The fourth-order valence-electron chi connectivity index (χ4n) is 2.82. The predicted octanol–water partition coefficient (Wildman–Crippen LogP) is 3.97. The summed E-state index contributed by atoms with van der Waals surface area (Å²) in [7, 11) is 0. The molecule has 0 heterocycles. The lowest BCUT2D eigenvalue weighted by molar-refractivity contribution is -0.121. The van der Waals surface area contributed by atoms with E-state index in [9.17, 15) is 9.59 Å². The van der Waals surface area contributed by atoms with Crippen LogP contribution in [0, 0.1) is 5.92 Å². The molecule has 102 valence electrons. The van der Waals surface area contributed by atoms with Gasteiger partial charge in [-0.3, -0.25) is 9.59 Å². The van der Waals surface area contributed by atoms with Gasteiger partial charge in [-0.15, -0.1) is 0 Å². The van der Waals surface area contributed by atoms with Crippen molar-refractivity contribution in [3.05, 3.63) is 35.4 Å². The van der Waals surface area contributed by atoms with E-state index in [1.807, 2.05) is 24.3 Å². The Bertz CT molecular complexity index is 462. The molecule has 0 N–H and O–H groups in total. The van der Waals surface area contributed by atoms with Crippen molar-refractivity contribution in [1.82, 2.24) is 0 Å². The Labute approximate surface area is 115 Å². The van der Waals surface area contributed by atoms with Crippen LogP contribution in [0.2, 0.25) is 0 Å². The number of hydrogen-bond acceptors (Lipinski definition) is 2. The summed E-state index contributed by atoms with van der Waals surface area (Å²) >= 11 is 0. The van der Waals surface area contributed by atoms with Gasteiger partial charge in [0.2, 0.25) is 0 Å². The highest BCUT2D eigenvalue weighted by Crippen LogP contribution is 2.26. The Hall–Kier alpha value is -1.44. The molecule has 1 atom stereocenters. The van der Waals surface area contributed by atoms with Crippen LogP contribution in [-0.2, 0) is 11.2 Å². The van der Waals surface area contributed by atoms with Crippen molar-refractivity contribution in [2.45, 2.75) is 51.9 Å². The molecule has 0 fully saturated rings. The Morgan fingerprint density at radius 1 is 1.26 bits per heavy atom. The summed E-state index contributed by atoms with van der Waals surface area (Å²) in [4.78, 5) is 24.7. The number of aryl methyl sites for hydroxylation is 1. The number of fused-ring (bicyclic) bond motifs is 1. The zero-order chi connectivity index (χ0) is 13.7. The molecule has 0 saturated heterocycles. The normalized spacial score (nSPS) is 18.8. The number of hydrogen-bond donors (Lipinski definition) is 0. The van der Waals surface area contributed by atoms with Crippen molar-refractivity contribution in [1.29, 1.82) is 0 Å². The molecule has 2 rings (SSSR count). The number of carbonyl (C=O) groups is 2. The van der Waals surface area contributed by atoms with Crippen LogP contribution >= 0.6 is 0 Å². The molecule has 1 aromatic rings. The maximum Gasteiger partial charge on any atom is 0.173 e. The first-order chi connectivity index (χ1) is 9.24. The van der Waals surface area contributed by atoms with Crippen LogP contribution in [0.4, 0.5) is 0 Å². The zero-order valence-corrected chi connectivity index (χ0v) is 11.7. The lowest BCUT2D eigenvalue weighted by Crippen LogP contribution is -2.23. The van der Waals surface area contributed by atoms with Crippen molar-refractivity contribution in [3.8, 4) is 0 Å². The quantitative estimate of drug-likeness (QED) is 0.455. The third kappa shape index (κ3) is 3.31. The number of carbonyl (C=O) groups excluding carboxylic acids is 2. The highest BCUT2D eigenvalue weighted by Gasteiger charge is 2.29. The van der Waals surface area contributed by atoms with Crippen molar-refractivity contribution >= 4 is 11.6 Å². The van der Waals surface area contributed by atoms with E-state index in [0.717, 1.165) is 49.7 Å². The molecule has 0 spiro atoms. The number of ketones is 2. The van der Waals surface area contributed by atoms with Crippen molar-refractivity contribution < 1.29 is 9.59 Å². The standard InChI is InChI=1S/C17H22O2/c1-2-3-4-12-16(18)15-11-7-9-13-8-5-6-10-14(13)17(15)19/h5-6,8,10,15H,2-4,7,9,11-12H2,1H3. The first-order valence-electron chi connectivity index (χ1n) is 7.39. The van der Waals surface area contributed by atoms with Gasteiger partial charge in [0, 0.05) is 12.0 Å². The zero-order valence-electron chi connectivity index (χ0n) is 11.7. The Kier molecular flexibility index (Phi) is 4.89. The van der Waals surface area contributed by atoms with Crippen molar-refractivity contribution in [2.75, 3.05) is 0 Å². The van der Waals surface area contributed by atoms with Gasteiger partial charge in [-0.25, -0.2) is 0 Å². The van der Waals surface area contributed by atoms with Crippen LogP contribution in [0.1, 0.15) is 61.4 Å². The van der Waals surface area contributed by atoms with E-state index in [1.54, 1.807) is 0 Å². The summed E-state index contributed by atoms with van der Waals surface area (Å²) in [6.07, 6.45) is 6.23. The third-order valence-corrected chi connectivity index (χ3v) is 3.95. The van der Waals surface area contributed by atoms with Crippen LogP contribution in [0.3, 0.4) is 0 Å². The third-order valence-electron chi connectivity index (χ3n) is 3.95. The molecule has 1 aliphatic carbocycles. The van der Waals surface area contributed by atoms with Gasteiger partial charge in [0.05, 0.1) is 5.92 Å². The first-order valence-corrected chi connectivity index (χ1v) is 7.39. The van der Waals surface area contributed by atoms with E-state index in [-0.39, 0.29) is 17.5 Å². The minimum atomic E-state index is -0.388. The topological polar surface area (TPSA) is 34.1 Å². The number of benzene rings is 1. The van der Waals surface area contributed by atoms with Crippen LogP contribution in [0.5, 0.6) is 0 Å². The second-order valence-corrected chi connectivity index (χ2v) is 5.39. The molecular weight excluding hydrogens is 236 g/mol. The number of rotatable bonds is 5. The summed E-state index contributed by atoms with van der Waals surface area (Å²) in [6, 6.07) is 7.74. The van der Waals surface area contributed by atoms with Crippen LogP contribution in [0.15, 0.2) is 24.3 Å². The van der Waals surface area contributed by atoms with Gasteiger partial charge in [0.15, 0.2) is 5.78 Å². The fourth-order valence-corrected chi connectivity index (χ4v) is 2.82. The van der Waals surface area contributed by atoms with Gasteiger partial charge in [-0.1, -0.05) is 44.0 Å². The van der Waals surface area contributed by atoms with Crippen LogP contribution in [-0.4, -0.2) is 11.6 Å². The average molecular weight is 258 g/mol. The average Bonchev–Trinajstić information content (AvgIpc) is 2.59. The van der Waals surface area contributed by atoms with Gasteiger partial charge in [-0.2, -0.15) is 0 Å². The van der Waals surface area contributed by atoms with Crippen molar-refractivity contribution in [2.24, 2.45) is 5.92 Å². The van der Waals surface area contributed by atoms with Gasteiger partial charge in [-0.05, 0) is 31.2 Å². The monoisotopic (exact) mass is 258 g/mol. The molecule has 2 nitrogen and oxygen atoms in total. The molecule has 1 aromatic carbocycles. The smallest absolute Gasteiger partial charge is 0.173 e. The fraction of sp³-hybridized carbons (Fsp3) is 0.529. The molecule has 0 aromatic heterocycles. The lowest BCUT2D eigenvalue weighted by Gasteiger charge is -2.12. The van der Waals surface area contributed by atoms with E-state index < -0.39 is 0 Å². The van der Waals surface area contributed by atoms with E-state index in [0.29, 0.717) is 6.42 Å². The summed E-state index contributed by atoms with van der Waals surface area (Å²) in [6.45, 7) is 2.12. The maximum absolute atomic E-state index is 12.5. The molecule has 0 aliphatic heterocycles. The lowest BCUT2D eigenvalue weighted by atomic mass is 9.89. The highest BCUT2D eigenvalue weighted by atomic mass is 16.1. The molecule has 0 saturated carbocycles. The predicted molar refractivity (Wildman–Crippen MR) is 76.3 cm³/mol. The second-order valence-electron chi connectivity index (χ2n) is 5.39. The minimum absolute atomic E-state index is 0.0506. The molecule has 19 heavy (non-hydrogen) atoms. The maximum atomic E-state index is 12.5. The van der Waals surface area contributed by atoms with Gasteiger partial charge >= 0.3 is 0 Å². The largest absolute Gasteiger partial charge is 0.299 e. The van der Waals surface area contributed by atoms with Gasteiger partial charge in [0.1, 0.15) is 5.78 Å². The van der Waals surface area contributed by atoms with E-state index in [1.165, 1.54) is 0 Å². The Balaban J connectivity index is 2.11. The summed E-state index contributed by atoms with van der Waals surface area (Å²) in [5.41, 5.74) is 1.88. The van der Waals surface area contributed by atoms with E-state index in [4.69, 9.17) is 0 Å². The minimum Gasteiger partial charge on any atom is -0.299 e. The highest BCUT2D eigenvalue weighted by molar-refractivity contribution is 6.11. The molecule has 2 heteroatoms. The van der Waals surface area contributed by atoms with Crippen molar-refractivity contribution in [3.63, 3.8) is 0 Å². The van der Waals surface area contributed by atoms with Crippen LogP contribution < -0.4 is 0 Å². The second kappa shape index (κ2) is 6.65. The van der Waals surface area contributed by atoms with Crippen LogP contribution in [0.25, 0.3) is 0 Å². The summed E-state index contributed by atoms with van der Waals surface area (Å²) < 4.78 is 0. The SMILES string of the molecule is CCCCCC(=O)C1CCCc2ccccc2C1=O. The summed E-state index contributed by atoms with van der Waals surface area (Å²) in [5.74, 6) is -0.190. The first kappa shape index (κ1) is 14.0. The molecular formula is C17H22O2. The molecule has 0 radical (unpaired) electrons. The number of Topliss-reactive ketones (excluding diaryl/α,β-unsaturated/α-hetero) is 2. The molecule has 0 bridgehead atoms. The Morgan fingerprint density at radius 3 is 2.84 bits per heavy atom.